The van der Waals surface area contributed by atoms with Gasteiger partial charge in [0.05, 0.1) is 11.3 Å². The number of carbonyl (C=O) groups excluding carboxylic acids is 1. The van der Waals surface area contributed by atoms with Gasteiger partial charge in [-0.1, -0.05) is 18.7 Å². The van der Waals surface area contributed by atoms with Crippen molar-refractivity contribution in [3.63, 3.8) is 0 Å². The summed E-state index contributed by atoms with van der Waals surface area (Å²) in [6, 6.07) is 4.05. The molecule has 1 aromatic heterocycles. The second kappa shape index (κ2) is 7.61. The van der Waals surface area contributed by atoms with Crippen molar-refractivity contribution in [1.82, 2.24) is 14.8 Å². The summed E-state index contributed by atoms with van der Waals surface area (Å²) in [5.74, 6) is 0.472. The highest BCUT2D eigenvalue weighted by Gasteiger charge is 2.20. The molecule has 0 atom stereocenters. The quantitative estimate of drug-likeness (QED) is 0.791. The Bertz CT molecular complexity index is 589. The molecule has 0 saturated carbocycles. The van der Waals surface area contributed by atoms with Gasteiger partial charge in [-0.25, -0.2) is 4.98 Å². The maximum atomic E-state index is 12.3. The normalized spacial score (nSPS) is 15.6. The minimum Gasteiger partial charge on any atom is -0.339 e. The number of hydrogen-bond donors (Lipinski definition) is 0. The topological polar surface area (TPSA) is 60.2 Å². The second-order valence-electron chi connectivity index (χ2n) is 5.54. The molecule has 6 heteroatoms. The van der Waals surface area contributed by atoms with Crippen molar-refractivity contribution in [2.24, 2.45) is 0 Å². The predicted octanol–water partition coefficient (Wildman–Crippen LogP) is 1.69. The van der Waals surface area contributed by atoms with E-state index in [0.717, 1.165) is 43.9 Å². The monoisotopic (exact) mass is 318 g/mol. The number of carbonyl (C=O) groups is 1. The summed E-state index contributed by atoms with van der Waals surface area (Å²) >= 11 is 1.37. The van der Waals surface area contributed by atoms with Gasteiger partial charge in [-0.05, 0) is 32.0 Å². The summed E-state index contributed by atoms with van der Waals surface area (Å²) in [5.41, 5.74) is 2.59. The lowest BCUT2D eigenvalue weighted by atomic mass is 10.1. The van der Waals surface area contributed by atoms with Gasteiger partial charge in [0.1, 0.15) is 11.1 Å². The summed E-state index contributed by atoms with van der Waals surface area (Å²) in [5, 5.41) is 9.92. The van der Waals surface area contributed by atoms with E-state index in [1.54, 1.807) is 0 Å². The zero-order valence-corrected chi connectivity index (χ0v) is 14.2. The molecule has 0 unspecified atom stereocenters. The lowest BCUT2D eigenvalue weighted by Gasteiger charge is -2.32. The minimum atomic E-state index is 0.127. The summed E-state index contributed by atoms with van der Waals surface area (Å²) in [4.78, 5) is 20.9. The molecule has 2 heterocycles. The zero-order valence-electron chi connectivity index (χ0n) is 13.4. The van der Waals surface area contributed by atoms with Gasteiger partial charge in [-0.2, -0.15) is 5.26 Å². The molecule has 1 aromatic rings. The van der Waals surface area contributed by atoms with Crippen molar-refractivity contribution in [2.45, 2.75) is 25.3 Å². The van der Waals surface area contributed by atoms with Gasteiger partial charge in [0, 0.05) is 31.9 Å². The number of piperazine rings is 1. The number of likely N-dealkylation sites (N-methyl/N-ethyl adjacent to an activating group) is 1. The van der Waals surface area contributed by atoms with Crippen LogP contribution in [0.3, 0.4) is 0 Å². The van der Waals surface area contributed by atoms with Crippen LogP contribution in [0.4, 0.5) is 0 Å². The van der Waals surface area contributed by atoms with Gasteiger partial charge in [-0.3, -0.25) is 4.79 Å². The molecule has 1 aliphatic rings. The van der Waals surface area contributed by atoms with Crippen molar-refractivity contribution >= 4 is 17.7 Å². The fourth-order valence-electron chi connectivity index (χ4n) is 2.46. The van der Waals surface area contributed by atoms with Crippen LogP contribution in [-0.4, -0.2) is 59.7 Å². The maximum Gasteiger partial charge on any atom is 0.233 e. The number of pyridine rings is 1. The number of rotatable bonds is 4. The fraction of sp³-hybridized carbons (Fsp3) is 0.562. The molecule has 0 aliphatic carbocycles. The summed E-state index contributed by atoms with van der Waals surface area (Å²) in [7, 11) is 2.07. The van der Waals surface area contributed by atoms with E-state index in [2.05, 4.69) is 23.0 Å². The summed E-state index contributed by atoms with van der Waals surface area (Å²) < 4.78 is 0. The Labute approximate surface area is 136 Å². The minimum absolute atomic E-state index is 0.127. The van der Waals surface area contributed by atoms with Crippen LogP contribution in [0.15, 0.2) is 11.1 Å². The number of thioether (sulfide) groups is 1. The smallest absolute Gasteiger partial charge is 0.233 e. The third kappa shape index (κ3) is 3.99. The van der Waals surface area contributed by atoms with Crippen molar-refractivity contribution in [1.29, 1.82) is 5.26 Å². The summed E-state index contributed by atoms with van der Waals surface area (Å²) in [6.45, 7) is 7.41. The first-order valence-electron chi connectivity index (χ1n) is 7.55. The Morgan fingerprint density at radius 1 is 1.41 bits per heavy atom. The van der Waals surface area contributed by atoms with Crippen LogP contribution in [0.2, 0.25) is 0 Å². The van der Waals surface area contributed by atoms with Crippen LogP contribution in [0, 0.1) is 18.3 Å². The van der Waals surface area contributed by atoms with Crippen LogP contribution in [0.25, 0.3) is 0 Å². The molecule has 118 valence electrons. The molecule has 1 saturated heterocycles. The Morgan fingerprint density at radius 3 is 2.68 bits per heavy atom. The highest BCUT2D eigenvalue weighted by atomic mass is 32.2. The van der Waals surface area contributed by atoms with Crippen LogP contribution < -0.4 is 0 Å². The predicted molar refractivity (Wildman–Crippen MR) is 87.9 cm³/mol. The highest BCUT2D eigenvalue weighted by molar-refractivity contribution is 7.99. The van der Waals surface area contributed by atoms with E-state index in [1.807, 2.05) is 24.8 Å². The number of amides is 1. The molecule has 22 heavy (non-hydrogen) atoms. The van der Waals surface area contributed by atoms with Gasteiger partial charge >= 0.3 is 0 Å². The second-order valence-corrected chi connectivity index (χ2v) is 6.51. The average Bonchev–Trinajstić information content (AvgIpc) is 2.53. The Balaban J connectivity index is 2.02. The largest absolute Gasteiger partial charge is 0.339 e. The molecule has 0 aromatic carbocycles. The van der Waals surface area contributed by atoms with E-state index in [-0.39, 0.29) is 5.91 Å². The van der Waals surface area contributed by atoms with Crippen molar-refractivity contribution in [3.8, 4) is 6.07 Å². The molecule has 0 spiro atoms. The van der Waals surface area contributed by atoms with Crippen molar-refractivity contribution in [3.05, 3.63) is 22.9 Å². The third-order valence-corrected chi connectivity index (χ3v) is 4.90. The lowest BCUT2D eigenvalue weighted by Crippen LogP contribution is -2.47. The standard InChI is InChI=1S/C16H22N4OS/c1-4-14-12(2)9-13(10-17)16(18-14)22-11-15(21)20-7-5-19(3)6-8-20/h9H,4-8,11H2,1-3H3. The maximum absolute atomic E-state index is 12.3. The number of aryl methyl sites for hydroxylation is 2. The summed E-state index contributed by atoms with van der Waals surface area (Å²) in [6.07, 6.45) is 0.831. The van der Waals surface area contributed by atoms with Crippen LogP contribution in [-0.2, 0) is 11.2 Å². The van der Waals surface area contributed by atoms with Crippen molar-refractivity contribution in [2.75, 3.05) is 39.0 Å². The van der Waals surface area contributed by atoms with E-state index in [0.29, 0.717) is 16.3 Å². The molecule has 1 aliphatic heterocycles. The van der Waals surface area contributed by atoms with Gasteiger partial charge < -0.3 is 9.80 Å². The van der Waals surface area contributed by atoms with Crippen LogP contribution in [0.1, 0.15) is 23.7 Å². The molecular formula is C16H22N4OS. The Kier molecular flexibility index (Phi) is 5.81. The first-order valence-corrected chi connectivity index (χ1v) is 8.53. The molecule has 2 rings (SSSR count). The average molecular weight is 318 g/mol. The fourth-order valence-corrected chi connectivity index (χ4v) is 3.34. The van der Waals surface area contributed by atoms with E-state index in [9.17, 15) is 10.1 Å². The van der Waals surface area contributed by atoms with Crippen LogP contribution in [0.5, 0.6) is 0 Å². The van der Waals surface area contributed by atoms with E-state index < -0.39 is 0 Å². The molecular weight excluding hydrogens is 296 g/mol. The van der Waals surface area contributed by atoms with Gasteiger partial charge in [-0.15, -0.1) is 0 Å². The van der Waals surface area contributed by atoms with Gasteiger partial charge in [0.15, 0.2) is 0 Å². The Hall–Kier alpha value is -1.58. The number of aromatic nitrogens is 1. The molecule has 1 amide bonds. The van der Waals surface area contributed by atoms with E-state index in [1.165, 1.54) is 11.8 Å². The number of nitriles is 1. The molecule has 0 radical (unpaired) electrons. The van der Waals surface area contributed by atoms with Crippen LogP contribution >= 0.6 is 11.8 Å². The Morgan fingerprint density at radius 2 is 2.09 bits per heavy atom. The molecule has 0 N–H and O–H groups in total. The first kappa shape index (κ1) is 16.8. The third-order valence-electron chi connectivity index (χ3n) is 3.93. The SMILES string of the molecule is CCc1nc(SCC(=O)N2CCN(C)CC2)c(C#N)cc1C. The highest BCUT2D eigenvalue weighted by Crippen LogP contribution is 2.23. The lowest BCUT2D eigenvalue weighted by molar-refractivity contribution is -0.129. The van der Waals surface area contributed by atoms with Gasteiger partial charge in [0.25, 0.3) is 0 Å². The van der Waals surface area contributed by atoms with Gasteiger partial charge in [0.2, 0.25) is 5.91 Å². The number of hydrogen-bond acceptors (Lipinski definition) is 5. The van der Waals surface area contributed by atoms with E-state index >= 15 is 0 Å². The zero-order chi connectivity index (χ0) is 16.1. The van der Waals surface area contributed by atoms with Crippen molar-refractivity contribution < 1.29 is 4.79 Å². The molecule has 1 fully saturated rings. The molecule has 0 bridgehead atoms. The first-order chi connectivity index (χ1) is 10.5. The molecule has 5 nitrogen and oxygen atoms in total. The van der Waals surface area contributed by atoms with E-state index in [4.69, 9.17) is 0 Å². The number of nitrogens with zero attached hydrogens (tertiary/aromatic N) is 4.